The van der Waals surface area contributed by atoms with E-state index in [9.17, 15) is 0 Å². The molecule has 0 aliphatic rings. The number of aryl methyl sites for hydroxylation is 1. The Hall–Kier alpha value is -1.25. The van der Waals surface area contributed by atoms with Crippen LogP contribution in [0.2, 0.25) is 0 Å². The zero-order valence-corrected chi connectivity index (χ0v) is 10.0. The lowest BCUT2D eigenvalue weighted by molar-refractivity contribution is 0.510. The Balaban J connectivity index is 2.75. The monoisotopic (exact) mass is 207 g/mol. The maximum Gasteiger partial charge on any atom is 0.126 e. The second-order valence-electron chi connectivity index (χ2n) is 4.27. The molecule has 0 radical (unpaired) electrons. The Morgan fingerprint density at radius 2 is 2.07 bits per heavy atom. The van der Waals surface area contributed by atoms with E-state index in [-0.39, 0.29) is 0 Å². The zero-order valence-electron chi connectivity index (χ0n) is 10.0. The van der Waals surface area contributed by atoms with Crippen LogP contribution in [-0.4, -0.2) is 11.0 Å². The van der Waals surface area contributed by atoms with E-state index in [1.807, 2.05) is 19.1 Å². The molecule has 0 aliphatic heterocycles. The summed E-state index contributed by atoms with van der Waals surface area (Å²) in [5, 5.41) is 3.43. The van der Waals surface area contributed by atoms with Gasteiger partial charge in [-0.2, -0.15) is 0 Å². The van der Waals surface area contributed by atoms with Crippen molar-refractivity contribution < 1.29 is 0 Å². The zero-order chi connectivity index (χ0) is 11.4. The summed E-state index contributed by atoms with van der Waals surface area (Å²) >= 11 is 0. The third-order valence-electron chi connectivity index (χ3n) is 2.70. The Labute approximate surface area is 92.1 Å². The maximum atomic E-state index is 5.72. The summed E-state index contributed by atoms with van der Waals surface area (Å²) in [4.78, 5) is 4.41. The second kappa shape index (κ2) is 5.01. The average Bonchev–Trinajstić information content (AvgIpc) is 2.19. The van der Waals surface area contributed by atoms with Crippen LogP contribution in [0, 0.1) is 12.8 Å². The summed E-state index contributed by atoms with van der Waals surface area (Å²) in [7, 11) is 0. The summed E-state index contributed by atoms with van der Waals surface area (Å²) in [6, 6.07) is 4.31. The molecule has 1 atom stereocenters. The third-order valence-corrected chi connectivity index (χ3v) is 2.70. The third kappa shape index (κ3) is 3.11. The SMILES string of the molecule is CCC(Nc1ccc(N)c(C)n1)C(C)C. The molecule has 3 N–H and O–H groups in total. The van der Waals surface area contributed by atoms with Gasteiger partial charge >= 0.3 is 0 Å². The summed E-state index contributed by atoms with van der Waals surface area (Å²) in [6.45, 7) is 8.54. The van der Waals surface area contributed by atoms with Gasteiger partial charge in [0, 0.05) is 6.04 Å². The Morgan fingerprint density at radius 3 is 2.53 bits per heavy atom. The van der Waals surface area contributed by atoms with Crippen molar-refractivity contribution in [3.63, 3.8) is 0 Å². The number of nitrogens with zero attached hydrogens (tertiary/aromatic N) is 1. The molecule has 0 amide bonds. The van der Waals surface area contributed by atoms with Crippen molar-refractivity contribution in [2.24, 2.45) is 5.92 Å². The van der Waals surface area contributed by atoms with Crippen molar-refractivity contribution in [1.29, 1.82) is 0 Å². The highest BCUT2D eigenvalue weighted by molar-refractivity contribution is 5.49. The van der Waals surface area contributed by atoms with Crippen LogP contribution in [0.3, 0.4) is 0 Å². The number of aromatic nitrogens is 1. The normalized spacial score (nSPS) is 12.9. The van der Waals surface area contributed by atoms with E-state index in [0.29, 0.717) is 12.0 Å². The molecule has 1 aromatic rings. The first-order valence-electron chi connectivity index (χ1n) is 5.54. The smallest absolute Gasteiger partial charge is 0.126 e. The van der Waals surface area contributed by atoms with Crippen LogP contribution in [0.1, 0.15) is 32.9 Å². The van der Waals surface area contributed by atoms with Crippen LogP contribution >= 0.6 is 0 Å². The summed E-state index contributed by atoms with van der Waals surface area (Å²) in [5.41, 5.74) is 7.36. The molecule has 0 aromatic carbocycles. The average molecular weight is 207 g/mol. The largest absolute Gasteiger partial charge is 0.397 e. The first-order valence-corrected chi connectivity index (χ1v) is 5.54. The fourth-order valence-corrected chi connectivity index (χ4v) is 1.58. The van der Waals surface area contributed by atoms with Crippen LogP contribution in [0.5, 0.6) is 0 Å². The number of anilines is 2. The molecule has 3 heteroatoms. The highest BCUT2D eigenvalue weighted by Gasteiger charge is 2.11. The highest BCUT2D eigenvalue weighted by atomic mass is 15.0. The summed E-state index contributed by atoms with van der Waals surface area (Å²) in [6.07, 6.45) is 1.10. The van der Waals surface area contributed by atoms with Gasteiger partial charge in [-0.05, 0) is 31.4 Å². The van der Waals surface area contributed by atoms with E-state index in [1.54, 1.807) is 0 Å². The molecular formula is C12H21N3. The molecule has 0 spiro atoms. The van der Waals surface area contributed by atoms with E-state index in [4.69, 9.17) is 5.73 Å². The molecule has 0 fully saturated rings. The minimum Gasteiger partial charge on any atom is -0.397 e. The predicted octanol–water partition coefficient (Wildman–Crippen LogP) is 2.82. The van der Waals surface area contributed by atoms with Gasteiger partial charge in [0.1, 0.15) is 5.82 Å². The van der Waals surface area contributed by atoms with Gasteiger partial charge in [0.25, 0.3) is 0 Å². The van der Waals surface area contributed by atoms with Crippen molar-refractivity contribution in [2.75, 3.05) is 11.1 Å². The quantitative estimate of drug-likeness (QED) is 0.798. The van der Waals surface area contributed by atoms with E-state index < -0.39 is 0 Å². The van der Waals surface area contributed by atoms with Crippen LogP contribution in [-0.2, 0) is 0 Å². The van der Waals surface area contributed by atoms with Crippen LogP contribution < -0.4 is 11.1 Å². The summed E-state index contributed by atoms with van der Waals surface area (Å²) in [5.74, 6) is 1.52. The molecule has 0 aliphatic carbocycles. The van der Waals surface area contributed by atoms with Crippen LogP contribution in [0.25, 0.3) is 0 Å². The second-order valence-corrected chi connectivity index (χ2v) is 4.27. The van der Waals surface area contributed by atoms with Crippen molar-refractivity contribution in [3.8, 4) is 0 Å². The molecule has 1 unspecified atom stereocenters. The minimum atomic E-state index is 0.473. The van der Waals surface area contributed by atoms with Gasteiger partial charge in [-0.3, -0.25) is 0 Å². The molecule has 1 rings (SSSR count). The first kappa shape index (κ1) is 11.8. The van der Waals surface area contributed by atoms with Crippen molar-refractivity contribution in [1.82, 2.24) is 4.98 Å². The van der Waals surface area contributed by atoms with E-state index >= 15 is 0 Å². The van der Waals surface area contributed by atoms with Gasteiger partial charge in [-0.25, -0.2) is 4.98 Å². The van der Waals surface area contributed by atoms with Crippen molar-refractivity contribution >= 4 is 11.5 Å². The molecule has 0 bridgehead atoms. The topological polar surface area (TPSA) is 50.9 Å². The standard InChI is InChI=1S/C12H21N3/c1-5-11(8(2)3)15-12-7-6-10(13)9(4)14-12/h6-8,11H,5,13H2,1-4H3,(H,14,15). The molecule has 0 saturated carbocycles. The lowest BCUT2D eigenvalue weighted by Gasteiger charge is -2.21. The number of hydrogen-bond donors (Lipinski definition) is 2. The van der Waals surface area contributed by atoms with E-state index in [1.165, 1.54) is 0 Å². The van der Waals surface area contributed by atoms with Gasteiger partial charge < -0.3 is 11.1 Å². The molecule has 15 heavy (non-hydrogen) atoms. The molecule has 1 heterocycles. The van der Waals surface area contributed by atoms with Gasteiger partial charge in [-0.15, -0.1) is 0 Å². The van der Waals surface area contributed by atoms with E-state index in [0.717, 1.165) is 23.6 Å². The number of hydrogen-bond acceptors (Lipinski definition) is 3. The highest BCUT2D eigenvalue weighted by Crippen LogP contribution is 2.16. The number of nitrogen functional groups attached to an aromatic ring is 1. The number of rotatable bonds is 4. The van der Waals surface area contributed by atoms with E-state index in [2.05, 4.69) is 31.1 Å². The van der Waals surface area contributed by atoms with Gasteiger partial charge in [0.2, 0.25) is 0 Å². The molecular weight excluding hydrogens is 186 g/mol. The molecule has 3 nitrogen and oxygen atoms in total. The molecule has 1 aromatic heterocycles. The van der Waals surface area contributed by atoms with Gasteiger partial charge in [0.05, 0.1) is 11.4 Å². The fourth-order valence-electron chi connectivity index (χ4n) is 1.58. The van der Waals surface area contributed by atoms with Gasteiger partial charge in [-0.1, -0.05) is 20.8 Å². The number of pyridine rings is 1. The van der Waals surface area contributed by atoms with Crippen molar-refractivity contribution in [2.45, 2.75) is 40.2 Å². The molecule has 0 saturated heterocycles. The lowest BCUT2D eigenvalue weighted by atomic mass is 10.0. The Kier molecular flexibility index (Phi) is 3.95. The van der Waals surface area contributed by atoms with Gasteiger partial charge in [0.15, 0.2) is 0 Å². The number of nitrogens with two attached hydrogens (primary N) is 1. The maximum absolute atomic E-state index is 5.72. The number of nitrogens with one attached hydrogen (secondary N) is 1. The Morgan fingerprint density at radius 1 is 1.40 bits per heavy atom. The van der Waals surface area contributed by atoms with Crippen molar-refractivity contribution in [3.05, 3.63) is 17.8 Å². The summed E-state index contributed by atoms with van der Waals surface area (Å²) < 4.78 is 0. The lowest BCUT2D eigenvalue weighted by Crippen LogP contribution is -2.25. The molecule has 84 valence electrons. The minimum absolute atomic E-state index is 0.473. The fraction of sp³-hybridized carbons (Fsp3) is 0.583. The van der Waals surface area contributed by atoms with Crippen LogP contribution in [0.15, 0.2) is 12.1 Å². The predicted molar refractivity (Wildman–Crippen MR) is 65.9 cm³/mol. The van der Waals surface area contributed by atoms with Crippen LogP contribution in [0.4, 0.5) is 11.5 Å². The first-order chi connectivity index (χ1) is 7.04. The Bertz CT molecular complexity index is 321.